The van der Waals surface area contributed by atoms with E-state index in [1.807, 2.05) is 60.7 Å². The Morgan fingerprint density at radius 2 is 1.48 bits per heavy atom. The van der Waals surface area contributed by atoms with Crippen molar-refractivity contribution in [1.29, 1.82) is 0 Å². The second kappa shape index (κ2) is 8.78. The van der Waals surface area contributed by atoms with Gasteiger partial charge in [0.15, 0.2) is 0 Å². The number of carbonyl (C=O) groups excluding carboxylic acids is 1. The van der Waals surface area contributed by atoms with Crippen LogP contribution in [0.15, 0.2) is 60.7 Å². The molecule has 25 heavy (non-hydrogen) atoms. The van der Waals surface area contributed by atoms with E-state index in [-0.39, 0.29) is 18.9 Å². The lowest BCUT2D eigenvalue weighted by atomic mass is 10.1. The fraction of sp³-hybridized carbons (Fsp3) is 0.316. The Morgan fingerprint density at radius 1 is 0.920 bits per heavy atom. The Morgan fingerprint density at radius 3 is 2.04 bits per heavy atom. The number of anilines is 1. The number of hydrogen-bond acceptors (Lipinski definition) is 3. The Labute approximate surface area is 149 Å². The number of benzene rings is 2. The van der Waals surface area contributed by atoms with Crippen molar-refractivity contribution in [2.24, 2.45) is 0 Å². The third-order valence-electron chi connectivity index (χ3n) is 4.05. The van der Waals surface area contributed by atoms with Gasteiger partial charge in [-0.2, -0.15) is 0 Å². The van der Waals surface area contributed by atoms with Gasteiger partial charge in [0.05, 0.1) is 6.26 Å². The molecule has 2 aromatic carbocycles. The van der Waals surface area contributed by atoms with E-state index in [2.05, 4.69) is 0 Å². The van der Waals surface area contributed by atoms with Gasteiger partial charge in [0, 0.05) is 32.2 Å². The molecule has 0 aromatic heterocycles. The smallest absolute Gasteiger partial charge is 0.228 e. The summed E-state index contributed by atoms with van der Waals surface area (Å²) < 4.78 is 25.4. The van der Waals surface area contributed by atoms with Gasteiger partial charge in [0.1, 0.15) is 0 Å². The van der Waals surface area contributed by atoms with Crippen molar-refractivity contribution in [3.63, 3.8) is 0 Å². The topological polar surface area (TPSA) is 57.7 Å². The summed E-state index contributed by atoms with van der Waals surface area (Å²) in [5, 5.41) is 0. The standard InChI is InChI=1S/C19H24N2O3S/c1-20(18-11-7-4-8-12-18)19(22)14-16-21(25(2,23)24)15-13-17-9-5-3-6-10-17/h3-12H,13-16H2,1-2H3. The molecule has 0 unspecified atom stereocenters. The van der Waals surface area contributed by atoms with Gasteiger partial charge >= 0.3 is 0 Å². The quantitative estimate of drug-likeness (QED) is 0.727. The number of hydrogen-bond donors (Lipinski definition) is 0. The zero-order chi connectivity index (χ0) is 18.3. The summed E-state index contributed by atoms with van der Waals surface area (Å²) in [6.07, 6.45) is 1.95. The molecule has 1 amide bonds. The van der Waals surface area contributed by atoms with Gasteiger partial charge in [-0.05, 0) is 24.1 Å². The van der Waals surface area contributed by atoms with E-state index in [0.717, 1.165) is 11.3 Å². The van der Waals surface area contributed by atoms with Crippen molar-refractivity contribution < 1.29 is 13.2 Å². The van der Waals surface area contributed by atoms with Crippen molar-refractivity contribution >= 4 is 21.6 Å². The van der Waals surface area contributed by atoms with Gasteiger partial charge in [-0.1, -0.05) is 48.5 Å². The minimum absolute atomic E-state index is 0.112. The lowest BCUT2D eigenvalue weighted by molar-refractivity contribution is -0.118. The van der Waals surface area contributed by atoms with Crippen LogP contribution in [0.2, 0.25) is 0 Å². The van der Waals surface area contributed by atoms with Crippen molar-refractivity contribution in [3.05, 3.63) is 66.2 Å². The van der Waals surface area contributed by atoms with Gasteiger partial charge < -0.3 is 4.90 Å². The molecule has 134 valence electrons. The van der Waals surface area contributed by atoms with E-state index in [0.29, 0.717) is 13.0 Å². The van der Waals surface area contributed by atoms with Gasteiger partial charge in [-0.25, -0.2) is 12.7 Å². The highest BCUT2D eigenvalue weighted by atomic mass is 32.2. The van der Waals surface area contributed by atoms with Crippen LogP contribution in [0.3, 0.4) is 0 Å². The summed E-state index contributed by atoms with van der Waals surface area (Å²) in [4.78, 5) is 13.9. The highest BCUT2D eigenvalue weighted by Crippen LogP contribution is 2.13. The van der Waals surface area contributed by atoms with Crippen LogP contribution in [0, 0.1) is 0 Å². The SMILES string of the molecule is CN(C(=O)CCN(CCc1ccccc1)S(C)(=O)=O)c1ccccc1. The Balaban J connectivity index is 1.94. The van der Waals surface area contributed by atoms with Crippen molar-refractivity contribution in [2.75, 3.05) is 31.3 Å². The molecular weight excluding hydrogens is 336 g/mol. The van der Waals surface area contributed by atoms with E-state index in [4.69, 9.17) is 0 Å². The molecule has 0 aliphatic rings. The van der Waals surface area contributed by atoms with E-state index in [9.17, 15) is 13.2 Å². The molecule has 0 spiro atoms. The summed E-state index contributed by atoms with van der Waals surface area (Å²) in [6, 6.07) is 19.0. The summed E-state index contributed by atoms with van der Waals surface area (Å²) in [5.41, 5.74) is 1.87. The minimum Gasteiger partial charge on any atom is -0.315 e. The molecule has 0 N–H and O–H groups in total. The van der Waals surface area contributed by atoms with Crippen LogP contribution in [-0.4, -0.2) is 45.0 Å². The second-order valence-corrected chi connectivity index (χ2v) is 7.92. The number of carbonyl (C=O) groups is 1. The number of sulfonamides is 1. The summed E-state index contributed by atoms with van der Waals surface area (Å²) in [5.74, 6) is -0.112. The average molecular weight is 360 g/mol. The van der Waals surface area contributed by atoms with Gasteiger partial charge in [-0.3, -0.25) is 4.79 Å². The Kier molecular flexibility index (Phi) is 6.73. The van der Waals surface area contributed by atoms with Gasteiger partial charge in [0.25, 0.3) is 0 Å². The van der Waals surface area contributed by atoms with Crippen LogP contribution in [0.1, 0.15) is 12.0 Å². The van der Waals surface area contributed by atoms with Gasteiger partial charge in [0.2, 0.25) is 15.9 Å². The molecule has 0 fully saturated rings. The highest BCUT2D eigenvalue weighted by molar-refractivity contribution is 7.88. The maximum Gasteiger partial charge on any atom is 0.228 e. The van der Waals surface area contributed by atoms with Gasteiger partial charge in [-0.15, -0.1) is 0 Å². The monoisotopic (exact) mass is 360 g/mol. The predicted molar refractivity (Wildman–Crippen MR) is 101 cm³/mol. The van der Waals surface area contributed by atoms with Crippen LogP contribution in [0.4, 0.5) is 5.69 Å². The first-order valence-electron chi connectivity index (χ1n) is 8.18. The molecule has 0 radical (unpaired) electrons. The molecule has 2 rings (SSSR count). The third kappa shape index (κ3) is 5.99. The molecule has 0 atom stereocenters. The first kappa shape index (κ1) is 19.1. The van der Waals surface area contributed by atoms with Crippen LogP contribution >= 0.6 is 0 Å². The van der Waals surface area contributed by atoms with E-state index in [1.165, 1.54) is 10.6 Å². The summed E-state index contributed by atoms with van der Waals surface area (Å²) >= 11 is 0. The summed E-state index contributed by atoms with van der Waals surface area (Å²) in [7, 11) is -1.66. The number of amides is 1. The van der Waals surface area contributed by atoms with E-state index >= 15 is 0 Å². The van der Waals surface area contributed by atoms with Crippen LogP contribution in [0.25, 0.3) is 0 Å². The maximum atomic E-state index is 12.4. The first-order valence-corrected chi connectivity index (χ1v) is 10.0. The molecule has 6 heteroatoms. The largest absolute Gasteiger partial charge is 0.315 e. The van der Waals surface area contributed by atoms with Crippen molar-refractivity contribution in [3.8, 4) is 0 Å². The molecule has 0 saturated heterocycles. The first-order chi connectivity index (χ1) is 11.9. The third-order valence-corrected chi connectivity index (χ3v) is 5.36. The lowest BCUT2D eigenvalue weighted by Gasteiger charge is -2.22. The molecular formula is C19H24N2O3S. The van der Waals surface area contributed by atoms with E-state index in [1.54, 1.807) is 11.9 Å². The molecule has 5 nitrogen and oxygen atoms in total. The number of para-hydroxylation sites is 1. The molecule has 0 aliphatic heterocycles. The highest BCUT2D eigenvalue weighted by Gasteiger charge is 2.19. The fourth-order valence-corrected chi connectivity index (χ4v) is 3.37. The second-order valence-electron chi connectivity index (χ2n) is 5.94. The molecule has 0 aliphatic carbocycles. The fourth-order valence-electron chi connectivity index (χ4n) is 2.53. The Hall–Kier alpha value is -2.18. The normalized spacial score (nSPS) is 11.5. The van der Waals surface area contributed by atoms with Crippen molar-refractivity contribution in [2.45, 2.75) is 12.8 Å². The van der Waals surface area contributed by atoms with Crippen molar-refractivity contribution in [1.82, 2.24) is 4.31 Å². The summed E-state index contributed by atoms with van der Waals surface area (Å²) in [6.45, 7) is 0.548. The average Bonchev–Trinajstić information content (AvgIpc) is 2.61. The molecule has 0 saturated carbocycles. The number of nitrogens with zero attached hydrogens (tertiary/aromatic N) is 2. The molecule has 0 heterocycles. The lowest BCUT2D eigenvalue weighted by Crippen LogP contribution is -2.36. The van der Waals surface area contributed by atoms with Crippen LogP contribution < -0.4 is 4.90 Å². The predicted octanol–water partition coefficient (Wildman–Crippen LogP) is 2.54. The van der Waals surface area contributed by atoms with E-state index < -0.39 is 10.0 Å². The Bertz CT molecular complexity index is 777. The minimum atomic E-state index is -3.36. The molecule has 2 aromatic rings. The zero-order valence-electron chi connectivity index (χ0n) is 14.6. The maximum absolute atomic E-state index is 12.4. The molecule has 0 bridgehead atoms. The van der Waals surface area contributed by atoms with Crippen LogP contribution in [-0.2, 0) is 21.2 Å². The number of rotatable bonds is 8. The van der Waals surface area contributed by atoms with Crippen LogP contribution in [0.5, 0.6) is 0 Å². The zero-order valence-corrected chi connectivity index (χ0v) is 15.4.